The molecule has 1 unspecified atom stereocenters. The zero-order chi connectivity index (χ0) is 13.6. The third-order valence-corrected chi connectivity index (χ3v) is 6.11. The van der Waals surface area contributed by atoms with Gasteiger partial charge in [0.25, 0.3) is 0 Å². The highest BCUT2D eigenvalue weighted by atomic mass is 32.2. The van der Waals surface area contributed by atoms with Crippen LogP contribution in [0.1, 0.15) is 13.3 Å². The number of benzene rings is 1. The van der Waals surface area contributed by atoms with Crippen molar-refractivity contribution < 1.29 is 8.42 Å². The molecule has 1 aliphatic heterocycles. The maximum Gasteiger partial charge on any atom is 0.243 e. The van der Waals surface area contributed by atoms with Crippen molar-refractivity contribution in [2.24, 2.45) is 5.92 Å². The van der Waals surface area contributed by atoms with Crippen LogP contribution in [0.2, 0.25) is 0 Å². The Bertz CT molecular complexity index is 724. The summed E-state index contributed by atoms with van der Waals surface area (Å²) < 4.78 is 27.4. The van der Waals surface area contributed by atoms with E-state index in [0.29, 0.717) is 29.0 Å². The molecule has 1 aromatic carbocycles. The summed E-state index contributed by atoms with van der Waals surface area (Å²) in [5.41, 5.74) is 6.38. The van der Waals surface area contributed by atoms with Crippen LogP contribution in [0, 0.1) is 5.92 Å². The maximum absolute atomic E-state index is 12.5. The lowest BCUT2D eigenvalue weighted by Crippen LogP contribution is -2.28. The number of rotatable bonds is 2. The van der Waals surface area contributed by atoms with E-state index in [0.717, 1.165) is 16.6 Å². The molecule has 19 heavy (non-hydrogen) atoms. The van der Waals surface area contributed by atoms with Crippen LogP contribution in [0.25, 0.3) is 10.2 Å². The molecule has 102 valence electrons. The summed E-state index contributed by atoms with van der Waals surface area (Å²) in [5, 5.41) is 0.458. The number of aromatic nitrogens is 1. The Balaban J connectivity index is 2.03. The Morgan fingerprint density at radius 2 is 2.26 bits per heavy atom. The van der Waals surface area contributed by atoms with Gasteiger partial charge in [-0.1, -0.05) is 18.3 Å². The van der Waals surface area contributed by atoms with Gasteiger partial charge in [0.15, 0.2) is 5.13 Å². The lowest BCUT2D eigenvalue weighted by atomic mass is 10.2. The first-order valence-electron chi connectivity index (χ1n) is 6.13. The van der Waals surface area contributed by atoms with Crippen LogP contribution in [-0.2, 0) is 10.0 Å². The molecule has 0 saturated carbocycles. The molecule has 0 aliphatic carbocycles. The number of fused-ring (bicyclic) bond motifs is 1. The Kier molecular flexibility index (Phi) is 2.99. The predicted octanol–water partition coefficient (Wildman–Crippen LogP) is 1.91. The lowest BCUT2D eigenvalue weighted by molar-refractivity contribution is 0.464. The summed E-state index contributed by atoms with van der Waals surface area (Å²) in [6.07, 6.45) is 0.926. The first-order valence-corrected chi connectivity index (χ1v) is 8.39. The quantitative estimate of drug-likeness (QED) is 0.918. The van der Waals surface area contributed by atoms with Crippen LogP contribution < -0.4 is 5.73 Å². The van der Waals surface area contributed by atoms with Gasteiger partial charge < -0.3 is 5.73 Å². The molecule has 2 heterocycles. The van der Waals surface area contributed by atoms with Crippen molar-refractivity contribution >= 4 is 36.7 Å². The van der Waals surface area contributed by atoms with Gasteiger partial charge in [-0.2, -0.15) is 4.31 Å². The molecule has 2 aromatic rings. The summed E-state index contributed by atoms with van der Waals surface area (Å²) in [6.45, 7) is 3.28. The molecular weight excluding hydrogens is 282 g/mol. The monoisotopic (exact) mass is 297 g/mol. The minimum Gasteiger partial charge on any atom is -0.375 e. The number of hydrogen-bond donors (Lipinski definition) is 1. The Morgan fingerprint density at radius 3 is 2.95 bits per heavy atom. The van der Waals surface area contributed by atoms with Crippen LogP contribution in [0.5, 0.6) is 0 Å². The molecule has 0 spiro atoms. The van der Waals surface area contributed by atoms with E-state index in [9.17, 15) is 8.42 Å². The Hall–Kier alpha value is -1.18. The van der Waals surface area contributed by atoms with E-state index in [1.54, 1.807) is 22.5 Å². The summed E-state index contributed by atoms with van der Waals surface area (Å²) >= 11 is 1.31. The smallest absolute Gasteiger partial charge is 0.243 e. The fourth-order valence-corrected chi connectivity index (χ4v) is 4.79. The third kappa shape index (κ3) is 2.22. The summed E-state index contributed by atoms with van der Waals surface area (Å²) in [5.74, 6) is 0.428. The number of anilines is 1. The molecule has 1 atom stereocenters. The molecule has 1 aliphatic rings. The normalized spacial score (nSPS) is 21.2. The van der Waals surface area contributed by atoms with E-state index < -0.39 is 10.0 Å². The van der Waals surface area contributed by atoms with Crippen LogP contribution in [0.4, 0.5) is 5.13 Å². The predicted molar refractivity (Wildman–Crippen MR) is 76.6 cm³/mol. The van der Waals surface area contributed by atoms with E-state index in [4.69, 9.17) is 5.73 Å². The number of nitrogens with zero attached hydrogens (tertiary/aromatic N) is 2. The second-order valence-electron chi connectivity index (χ2n) is 4.94. The van der Waals surface area contributed by atoms with Gasteiger partial charge in [0.2, 0.25) is 10.0 Å². The van der Waals surface area contributed by atoms with Gasteiger partial charge in [-0.05, 0) is 30.5 Å². The van der Waals surface area contributed by atoms with Crippen LogP contribution in [0.15, 0.2) is 23.1 Å². The zero-order valence-electron chi connectivity index (χ0n) is 10.5. The van der Waals surface area contributed by atoms with Crippen molar-refractivity contribution in [2.45, 2.75) is 18.2 Å². The second kappa shape index (κ2) is 4.43. The van der Waals surface area contributed by atoms with E-state index >= 15 is 0 Å². The van der Waals surface area contributed by atoms with Gasteiger partial charge in [0, 0.05) is 13.1 Å². The average molecular weight is 297 g/mol. The van der Waals surface area contributed by atoms with Gasteiger partial charge >= 0.3 is 0 Å². The zero-order valence-corrected chi connectivity index (χ0v) is 12.2. The van der Waals surface area contributed by atoms with Crippen molar-refractivity contribution in [1.82, 2.24) is 9.29 Å². The number of nitrogen functional groups attached to an aromatic ring is 1. The fraction of sp³-hybridized carbons (Fsp3) is 0.417. The summed E-state index contributed by atoms with van der Waals surface area (Å²) in [7, 11) is -3.38. The number of thiazole rings is 1. The molecule has 7 heteroatoms. The van der Waals surface area contributed by atoms with Gasteiger partial charge in [-0.15, -0.1) is 0 Å². The number of hydrogen-bond acceptors (Lipinski definition) is 5. The van der Waals surface area contributed by atoms with Crippen LogP contribution >= 0.6 is 11.3 Å². The number of nitrogens with two attached hydrogens (primary N) is 1. The first-order chi connectivity index (χ1) is 8.96. The highest BCUT2D eigenvalue weighted by Gasteiger charge is 2.30. The van der Waals surface area contributed by atoms with Crippen LogP contribution in [0.3, 0.4) is 0 Å². The first kappa shape index (κ1) is 12.8. The third-order valence-electron chi connectivity index (χ3n) is 3.40. The van der Waals surface area contributed by atoms with E-state index in [1.807, 2.05) is 0 Å². The minimum atomic E-state index is -3.38. The van der Waals surface area contributed by atoms with E-state index in [1.165, 1.54) is 11.3 Å². The SMILES string of the molecule is CC1CCN(S(=O)(=O)c2ccc3nc(N)sc3c2)C1. The molecule has 5 nitrogen and oxygen atoms in total. The van der Waals surface area contributed by atoms with Crippen molar-refractivity contribution in [1.29, 1.82) is 0 Å². The minimum absolute atomic E-state index is 0.331. The molecule has 3 rings (SSSR count). The molecule has 1 fully saturated rings. The molecule has 0 radical (unpaired) electrons. The lowest BCUT2D eigenvalue weighted by Gasteiger charge is -2.15. The van der Waals surface area contributed by atoms with Gasteiger partial charge in [0.05, 0.1) is 15.1 Å². The average Bonchev–Trinajstić information content (AvgIpc) is 2.93. The standard InChI is InChI=1S/C12H15N3O2S2/c1-8-4-5-15(7-8)19(16,17)9-2-3-10-11(6-9)18-12(13)14-10/h2-3,6,8H,4-5,7H2,1H3,(H2,13,14). The highest BCUT2D eigenvalue weighted by molar-refractivity contribution is 7.89. The van der Waals surface area contributed by atoms with Crippen molar-refractivity contribution in [2.75, 3.05) is 18.8 Å². The number of sulfonamides is 1. The molecular formula is C12H15N3O2S2. The Morgan fingerprint density at radius 1 is 1.47 bits per heavy atom. The van der Waals surface area contributed by atoms with E-state index in [-0.39, 0.29) is 0 Å². The molecule has 0 amide bonds. The fourth-order valence-electron chi connectivity index (χ4n) is 2.35. The van der Waals surface area contributed by atoms with Crippen molar-refractivity contribution in [3.8, 4) is 0 Å². The highest BCUT2D eigenvalue weighted by Crippen LogP contribution is 2.29. The molecule has 1 aromatic heterocycles. The van der Waals surface area contributed by atoms with Gasteiger partial charge in [-0.25, -0.2) is 13.4 Å². The van der Waals surface area contributed by atoms with E-state index in [2.05, 4.69) is 11.9 Å². The van der Waals surface area contributed by atoms with Crippen molar-refractivity contribution in [3.05, 3.63) is 18.2 Å². The second-order valence-corrected chi connectivity index (χ2v) is 7.94. The largest absolute Gasteiger partial charge is 0.375 e. The molecule has 2 N–H and O–H groups in total. The molecule has 1 saturated heterocycles. The van der Waals surface area contributed by atoms with Crippen molar-refractivity contribution in [3.63, 3.8) is 0 Å². The maximum atomic E-state index is 12.5. The molecule has 0 bridgehead atoms. The summed E-state index contributed by atoms with van der Waals surface area (Å²) in [4.78, 5) is 4.47. The van der Waals surface area contributed by atoms with Gasteiger partial charge in [0.1, 0.15) is 0 Å². The van der Waals surface area contributed by atoms with Gasteiger partial charge in [-0.3, -0.25) is 0 Å². The van der Waals surface area contributed by atoms with Crippen LogP contribution in [-0.4, -0.2) is 30.8 Å². The topological polar surface area (TPSA) is 76.3 Å². The summed E-state index contributed by atoms with van der Waals surface area (Å²) in [6, 6.07) is 5.00. The Labute approximate surface area is 116 Å².